The smallest absolute Gasteiger partial charge is 0.221 e. The summed E-state index contributed by atoms with van der Waals surface area (Å²) in [5.74, 6) is 0.979. The first-order valence-electron chi connectivity index (χ1n) is 9.22. The van der Waals surface area contributed by atoms with E-state index in [1.165, 1.54) is 12.0 Å². The molecule has 0 bridgehead atoms. The highest BCUT2D eigenvalue weighted by atomic mass is 35.5. The van der Waals surface area contributed by atoms with Crippen LogP contribution in [0.2, 0.25) is 0 Å². The van der Waals surface area contributed by atoms with Gasteiger partial charge in [-0.25, -0.2) is 0 Å². The minimum atomic E-state index is 0. The number of carbonyl (C=O) groups is 1. The molecule has 2 aliphatic rings. The summed E-state index contributed by atoms with van der Waals surface area (Å²) in [4.78, 5) is 14.7. The van der Waals surface area contributed by atoms with Gasteiger partial charge in [0, 0.05) is 32.1 Å². The third kappa shape index (κ3) is 7.12. The Hall–Kier alpha value is -1.05. The van der Waals surface area contributed by atoms with Crippen molar-refractivity contribution in [2.24, 2.45) is 0 Å². The predicted octanol–water partition coefficient (Wildman–Crippen LogP) is 2.17. The van der Waals surface area contributed by atoms with Gasteiger partial charge in [0.25, 0.3) is 0 Å². The number of rotatable bonds is 7. The van der Waals surface area contributed by atoms with E-state index in [2.05, 4.69) is 27.7 Å². The number of carbonyl (C=O) groups excluding carboxylic acids is 1. The summed E-state index contributed by atoms with van der Waals surface area (Å²) in [7, 11) is 1.67. The van der Waals surface area contributed by atoms with E-state index in [1.54, 1.807) is 7.11 Å². The lowest BCUT2D eigenvalue weighted by Gasteiger charge is -2.35. The first-order valence-corrected chi connectivity index (χ1v) is 9.22. The van der Waals surface area contributed by atoms with Crippen LogP contribution in [-0.4, -0.2) is 63.4 Å². The fraction of sp³-hybridized carbons (Fsp3) is 0.632. The van der Waals surface area contributed by atoms with Crippen LogP contribution in [0.25, 0.3) is 0 Å². The van der Waals surface area contributed by atoms with Crippen molar-refractivity contribution in [1.29, 1.82) is 0 Å². The number of hydrogen-bond donors (Lipinski definition) is 2. The average Bonchev–Trinajstić information content (AvgIpc) is 3.16. The number of hydrogen-bond acceptors (Lipinski definition) is 5. The molecule has 2 saturated heterocycles. The summed E-state index contributed by atoms with van der Waals surface area (Å²) in [6, 6.07) is 8.63. The molecule has 6 nitrogen and oxygen atoms in total. The zero-order valence-electron chi connectivity index (χ0n) is 15.8. The molecule has 1 aromatic carbocycles. The molecule has 2 N–H and O–H groups in total. The monoisotopic (exact) mass is 419 g/mol. The van der Waals surface area contributed by atoms with Crippen LogP contribution in [0.4, 0.5) is 0 Å². The van der Waals surface area contributed by atoms with E-state index >= 15 is 0 Å². The first-order chi connectivity index (χ1) is 12.3. The van der Waals surface area contributed by atoms with Crippen LogP contribution < -0.4 is 15.4 Å². The van der Waals surface area contributed by atoms with Crippen LogP contribution in [0.1, 0.15) is 30.9 Å². The normalized spacial score (nSPS) is 20.9. The van der Waals surface area contributed by atoms with E-state index < -0.39 is 0 Å². The van der Waals surface area contributed by atoms with E-state index in [9.17, 15) is 4.79 Å². The third-order valence-electron chi connectivity index (χ3n) is 5.07. The van der Waals surface area contributed by atoms with Gasteiger partial charge in [-0.05, 0) is 37.1 Å². The standard InChI is InChI=1S/C19H29N3O3.2ClH/c1-24-17-6-4-15(5-7-17)18(22-9-11-25-12-10-22)14-21-19(23)13-16-3-2-8-20-16;;/h4-7,16,18,20H,2-3,8-14H2,1H3,(H,21,23);2*1H. The van der Waals surface area contributed by atoms with E-state index in [-0.39, 0.29) is 36.8 Å². The minimum absolute atomic E-state index is 0. The molecule has 2 heterocycles. The van der Waals surface area contributed by atoms with E-state index in [0.717, 1.165) is 45.0 Å². The van der Waals surface area contributed by atoms with E-state index in [0.29, 0.717) is 19.0 Å². The number of amides is 1. The Morgan fingerprint density at radius 2 is 2.00 bits per heavy atom. The maximum atomic E-state index is 12.3. The topological polar surface area (TPSA) is 62.8 Å². The van der Waals surface area contributed by atoms with Crippen LogP contribution >= 0.6 is 24.8 Å². The highest BCUT2D eigenvalue weighted by molar-refractivity contribution is 5.85. The number of morpholine rings is 1. The lowest BCUT2D eigenvalue weighted by molar-refractivity contribution is -0.121. The molecule has 2 fully saturated rings. The molecular formula is C19H31Cl2N3O3. The maximum absolute atomic E-state index is 12.3. The average molecular weight is 420 g/mol. The Kier molecular flexibility index (Phi) is 11.0. The molecule has 2 unspecified atom stereocenters. The Morgan fingerprint density at radius 1 is 1.30 bits per heavy atom. The van der Waals surface area contributed by atoms with Crippen molar-refractivity contribution in [2.45, 2.75) is 31.3 Å². The molecule has 0 aromatic heterocycles. The van der Waals surface area contributed by atoms with Gasteiger partial charge in [-0.3, -0.25) is 9.69 Å². The SMILES string of the molecule is COc1ccc(C(CNC(=O)CC2CCCN2)N2CCOCC2)cc1.Cl.Cl. The largest absolute Gasteiger partial charge is 0.497 e. The van der Waals surface area contributed by atoms with Gasteiger partial charge in [0.05, 0.1) is 26.4 Å². The van der Waals surface area contributed by atoms with Gasteiger partial charge >= 0.3 is 0 Å². The number of ether oxygens (including phenoxy) is 2. The highest BCUT2D eigenvalue weighted by Crippen LogP contribution is 2.23. The fourth-order valence-electron chi connectivity index (χ4n) is 3.61. The quantitative estimate of drug-likeness (QED) is 0.708. The van der Waals surface area contributed by atoms with Crippen LogP contribution in [0, 0.1) is 0 Å². The summed E-state index contributed by atoms with van der Waals surface area (Å²) in [5.41, 5.74) is 1.20. The fourth-order valence-corrected chi connectivity index (χ4v) is 3.61. The Balaban J connectivity index is 0.00000182. The lowest BCUT2D eigenvalue weighted by Crippen LogP contribution is -2.44. The first kappa shape index (κ1) is 24.0. The number of methoxy groups -OCH3 is 1. The Bertz CT molecular complexity index is 548. The molecule has 27 heavy (non-hydrogen) atoms. The number of benzene rings is 1. The van der Waals surface area contributed by atoms with E-state index in [4.69, 9.17) is 9.47 Å². The lowest BCUT2D eigenvalue weighted by atomic mass is 10.0. The summed E-state index contributed by atoms with van der Waals surface area (Å²) in [6.07, 6.45) is 2.83. The zero-order chi connectivity index (χ0) is 17.5. The van der Waals surface area contributed by atoms with E-state index in [1.807, 2.05) is 12.1 Å². The molecule has 3 rings (SSSR count). The summed E-state index contributed by atoms with van der Waals surface area (Å²) < 4.78 is 10.7. The van der Waals surface area contributed by atoms with Gasteiger partial charge in [-0.15, -0.1) is 24.8 Å². The molecule has 1 aromatic rings. The third-order valence-corrected chi connectivity index (χ3v) is 5.07. The van der Waals surface area contributed by atoms with Crippen LogP contribution in [-0.2, 0) is 9.53 Å². The molecule has 2 aliphatic heterocycles. The van der Waals surface area contributed by atoms with Gasteiger partial charge in [-0.2, -0.15) is 0 Å². The Labute approximate surface area is 174 Å². The molecule has 8 heteroatoms. The second-order valence-electron chi connectivity index (χ2n) is 6.74. The van der Waals surface area contributed by atoms with Crippen molar-refractivity contribution in [1.82, 2.24) is 15.5 Å². The molecule has 0 spiro atoms. The van der Waals surface area contributed by atoms with Crippen LogP contribution in [0.5, 0.6) is 5.75 Å². The van der Waals surface area contributed by atoms with Gasteiger partial charge < -0.3 is 20.1 Å². The summed E-state index contributed by atoms with van der Waals surface area (Å²) in [6.45, 7) is 4.91. The van der Waals surface area contributed by atoms with Crippen LogP contribution in [0.15, 0.2) is 24.3 Å². The highest BCUT2D eigenvalue weighted by Gasteiger charge is 2.24. The second-order valence-corrected chi connectivity index (χ2v) is 6.74. The van der Waals surface area contributed by atoms with Crippen LogP contribution in [0.3, 0.4) is 0 Å². The van der Waals surface area contributed by atoms with Crippen molar-refractivity contribution in [3.05, 3.63) is 29.8 Å². The van der Waals surface area contributed by atoms with Crippen molar-refractivity contribution < 1.29 is 14.3 Å². The van der Waals surface area contributed by atoms with Crippen molar-refractivity contribution in [3.63, 3.8) is 0 Å². The minimum Gasteiger partial charge on any atom is -0.497 e. The molecule has 0 radical (unpaired) electrons. The molecular weight excluding hydrogens is 389 g/mol. The number of nitrogens with zero attached hydrogens (tertiary/aromatic N) is 1. The van der Waals surface area contributed by atoms with Gasteiger partial charge in [0.15, 0.2) is 0 Å². The molecule has 0 aliphatic carbocycles. The molecule has 0 saturated carbocycles. The van der Waals surface area contributed by atoms with Gasteiger partial charge in [-0.1, -0.05) is 12.1 Å². The van der Waals surface area contributed by atoms with Crippen molar-refractivity contribution >= 4 is 30.7 Å². The summed E-state index contributed by atoms with van der Waals surface area (Å²) in [5, 5.41) is 6.52. The predicted molar refractivity (Wildman–Crippen MR) is 111 cm³/mol. The molecule has 1 amide bonds. The molecule has 154 valence electrons. The van der Waals surface area contributed by atoms with Gasteiger partial charge in [0.1, 0.15) is 5.75 Å². The summed E-state index contributed by atoms with van der Waals surface area (Å²) >= 11 is 0. The molecule has 2 atom stereocenters. The van der Waals surface area contributed by atoms with Crippen molar-refractivity contribution in [2.75, 3.05) is 46.5 Å². The van der Waals surface area contributed by atoms with Crippen molar-refractivity contribution in [3.8, 4) is 5.75 Å². The maximum Gasteiger partial charge on any atom is 0.221 e. The Morgan fingerprint density at radius 3 is 2.59 bits per heavy atom. The number of halogens is 2. The second kappa shape index (κ2) is 12.4. The number of nitrogens with one attached hydrogen (secondary N) is 2. The van der Waals surface area contributed by atoms with Gasteiger partial charge in [0.2, 0.25) is 5.91 Å². The zero-order valence-corrected chi connectivity index (χ0v) is 17.4.